The summed E-state index contributed by atoms with van der Waals surface area (Å²) in [6.45, 7) is 4.83. The van der Waals surface area contributed by atoms with Crippen LogP contribution in [0.4, 0.5) is 32.0 Å². The zero-order valence-corrected chi connectivity index (χ0v) is 21.6. The van der Waals surface area contributed by atoms with Crippen molar-refractivity contribution in [2.24, 2.45) is 0 Å². The second-order valence-corrected chi connectivity index (χ2v) is 9.66. The van der Waals surface area contributed by atoms with E-state index in [-0.39, 0.29) is 17.0 Å². The molecule has 0 bridgehead atoms. The third kappa shape index (κ3) is 4.37. The van der Waals surface area contributed by atoms with E-state index in [9.17, 15) is 50.3 Å². The maximum Gasteiger partial charge on any atom is 0.411 e. The number of esters is 1. The van der Waals surface area contributed by atoms with Gasteiger partial charge in [-0.05, 0) is 66.6 Å². The highest BCUT2D eigenvalue weighted by Crippen LogP contribution is 2.57. The number of rotatable bonds is 5. The Morgan fingerprint density at radius 1 is 0.721 bits per heavy atom. The molecule has 0 unspecified atom stereocenters. The number of carbonyl (C=O) groups is 5. The van der Waals surface area contributed by atoms with Crippen LogP contribution in [-0.2, 0) is 10.2 Å². The van der Waals surface area contributed by atoms with Crippen LogP contribution < -0.4 is 15.0 Å². The summed E-state index contributed by atoms with van der Waals surface area (Å²) >= 11 is 0. The first-order chi connectivity index (χ1) is 20.0. The van der Waals surface area contributed by atoms with Crippen LogP contribution in [0.3, 0.4) is 0 Å². The second-order valence-electron chi connectivity index (χ2n) is 9.66. The Labute approximate surface area is 237 Å². The summed E-state index contributed by atoms with van der Waals surface area (Å²) in [6, 6.07) is 7.74. The molecule has 0 radical (unpaired) electrons. The second kappa shape index (κ2) is 9.64. The number of halogens is 6. The molecule has 0 aliphatic carbocycles. The van der Waals surface area contributed by atoms with E-state index in [4.69, 9.17) is 4.74 Å². The molecule has 0 spiro atoms. The molecule has 14 heteroatoms. The molecule has 4 amide bonds. The lowest BCUT2D eigenvalue weighted by atomic mass is 9.71. The maximum atomic E-state index is 14.7. The number of nitrogens with one attached hydrogen (secondary N) is 1. The number of imide groups is 2. The minimum atomic E-state index is -6.07. The predicted octanol–water partition coefficient (Wildman–Crippen LogP) is 5.26. The number of ether oxygens (including phenoxy) is 1. The Hall–Kier alpha value is -5.27. The zero-order chi connectivity index (χ0) is 31.6. The van der Waals surface area contributed by atoms with Gasteiger partial charge in [-0.2, -0.15) is 26.3 Å². The van der Waals surface area contributed by atoms with Crippen LogP contribution in [0.15, 0.2) is 72.8 Å². The highest BCUT2D eigenvalue weighted by atomic mass is 19.4. The molecule has 0 saturated carbocycles. The number of nitrogens with zero attached hydrogens (tertiary/aromatic N) is 1. The van der Waals surface area contributed by atoms with Gasteiger partial charge in [0.2, 0.25) is 5.41 Å². The summed E-state index contributed by atoms with van der Waals surface area (Å²) in [5.74, 6) is -5.12. The van der Waals surface area contributed by atoms with Crippen LogP contribution in [0.5, 0.6) is 5.75 Å². The standard InChI is InChI=1S/C29H16F6N2O6/c1-13(2)26(42)43-17-7-5-16(6-8-17)37-24(40)19-10-4-15(12-21(19)25(37)41)27(28(30,31)32,29(33,34)35)14-3-9-18-20(11-14)23(39)36-22(18)38/h3-12H,1H2,2H3,(H,36,38,39). The van der Waals surface area contributed by atoms with Crippen molar-refractivity contribution in [1.29, 1.82) is 0 Å². The third-order valence-corrected chi connectivity index (χ3v) is 6.99. The van der Waals surface area contributed by atoms with E-state index in [1.165, 1.54) is 31.2 Å². The Morgan fingerprint density at radius 2 is 1.21 bits per heavy atom. The topological polar surface area (TPSA) is 110 Å². The van der Waals surface area contributed by atoms with Crippen molar-refractivity contribution in [2.45, 2.75) is 24.7 Å². The fourth-order valence-electron chi connectivity index (χ4n) is 4.95. The fraction of sp³-hybridized carbons (Fsp3) is 0.138. The molecule has 43 heavy (non-hydrogen) atoms. The molecule has 0 fully saturated rings. The van der Waals surface area contributed by atoms with Crippen molar-refractivity contribution in [3.63, 3.8) is 0 Å². The smallest absolute Gasteiger partial charge is 0.411 e. The van der Waals surface area contributed by atoms with Gasteiger partial charge in [0, 0.05) is 5.57 Å². The largest absolute Gasteiger partial charge is 0.423 e. The first-order valence-electron chi connectivity index (χ1n) is 12.1. The molecule has 220 valence electrons. The number of alkyl halides is 6. The molecule has 2 aliphatic rings. The normalized spacial score (nSPS) is 14.9. The van der Waals surface area contributed by atoms with Crippen LogP contribution >= 0.6 is 0 Å². The Kier molecular flexibility index (Phi) is 6.56. The number of carbonyl (C=O) groups excluding carboxylic acids is 5. The van der Waals surface area contributed by atoms with Gasteiger partial charge < -0.3 is 4.74 Å². The first kappa shape index (κ1) is 29.2. The van der Waals surface area contributed by atoms with Crippen molar-refractivity contribution < 1.29 is 55.1 Å². The fourth-order valence-corrected chi connectivity index (χ4v) is 4.95. The van der Waals surface area contributed by atoms with Crippen molar-refractivity contribution in [1.82, 2.24) is 5.32 Å². The highest BCUT2D eigenvalue weighted by molar-refractivity contribution is 6.34. The molecule has 1 N–H and O–H groups in total. The lowest BCUT2D eigenvalue weighted by molar-refractivity contribution is -0.288. The SMILES string of the molecule is C=C(C)C(=O)Oc1ccc(N2C(=O)c3ccc(C(c4ccc5c(c4)C(=O)NC5=O)(C(F)(F)F)C(F)(F)F)cc3C2=O)cc1. The van der Waals surface area contributed by atoms with E-state index in [0.29, 0.717) is 41.3 Å². The van der Waals surface area contributed by atoms with Gasteiger partial charge in [0.25, 0.3) is 23.6 Å². The van der Waals surface area contributed by atoms with Crippen LogP contribution in [0.25, 0.3) is 0 Å². The molecule has 3 aromatic carbocycles. The van der Waals surface area contributed by atoms with Crippen LogP contribution in [0.2, 0.25) is 0 Å². The first-order valence-corrected chi connectivity index (χ1v) is 12.1. The Balaban J connectivity index is 1.62. The van der Waals surface area contributed by atoms with Gasteiger partial charge >= 0.3 is 18.3 Å². The summed E-state index contributed by atoms with van der Waals surface area (Å²) < 4.78 is 93.4. The number of amides is 4. The van der Waals surface area contributed by atoms with Gasteiger partial charge in [0.1, 0.15) is 5.75 Å². The molecule has 0 atom stereocenters. The van der Waals surface area contributed by atoms with Gasteiger partial charge in [0.15, 0.2) is 0 Å². The van der Waals surface area contributed by atoms with Gasteiger partial charge in [-0.1, -0.05) is 18.7 Å². The van der Waals surface area contributed by atoms with Gasteiger partial charge in [-0.15, -0.1) is 0 Å². The van der Waals surface area contributed by atoms with E-state index in [2.05, 4.69) is 6.58 Å². The molecule has 5 rings (SSSR count). The summed E-state index contributed by atoms with van der Waals surface area (Å²) in [5.41, 5.74) is -9.92. The maximum absolute atomic E-state index is 14.7. The van der Waals surface area contributed by atoms with E-state index in [1.54, 1.807) is 5.32 Å². The Morgan fingerprint density at radius 3 is 1.74 bits per heavy atom. The van der Waals surface area contributed by atoms with Crippen LogP contribution in [0.1, 0.15) is 59.5 Å². The van der Waals surface area contributed by atoms with Crippen molar-refractivity contribution in [3.8, 4) is 5.75 Å². The lowest BCUT2D eigenvalue weighted by Crippen LogP contribution is -2.55. The average Bonchev–Trinajstić information content (AvgIpc) is 3.34. The van der Waals surface area contributed by atoms with Crippen molar-refractivity contribution in [3.05, 3.63) is 106 Å². The molecule has 2 heterocycles. The highest BCUT2D eigenvalue weighted by Gasteiger charge is 2.73. The molecule has 0 aromatic heterocycles. The van der Waals surface area contributed by atoms with Gasteiger partial charge in [-0.25, -0.2) is 9.69 Å². The molecule has 0 saturated heterocycles. The molecule has 8 nitrogen and oxygen atoms in total. The monoisotopic (exact) mass is 602 g/mol. The van der Waals surface area contributed by atoms with E-state index in [1.807, 2.05) is 0 Å². The van der Waals surface area contributed by atoms with E-state index in [0.717, 1.165) is 0 Å². The number of hydrogen-bond acceptors (Lipinski definition) is 6. The molecule has 3 aromatic rings. The number of fused-ring (bicyclic) bond motifs is 2. The third-order valence-electron chi connectivity index (χ3n) is 6.99. The number of hydrogen-bond donors (Lipinski definition) is 1. The average molecular weight is 602 g/mol. The number of benzene rings is 3. The quantitative estimate of drug-likeness (QED) is 0.140. The molecular formula is C29H16F6N2O6. The van der Waals surface area contributed by atoms with Gasteiger partial charge in [0.05, 0.1) is 27.9 Å². The molecule has 2 aliphatic heterocycles. The minimum absolute atomic E-state index is 0.0144. The van der Waals surface area contributed by atoms with Crippen molar-refractivity contribution >= 4 is 35.3 Å². The summed E-state index contributed by atoms with van der Waals surface area (Å²) in [5, 5.41) is 1.80. The molecular weight excluding hydrogens is 586 g/mol. The Bertz CT molecular complexity index is 1760. The predicted molar refractivity (Wildman–Crippen MR) is 136 cm³/mol. The summed E-state index contributed by atoms with van der Waals surface area (Å²) in [4.78, 5) is 62.5. The lowest BCUT2D eigenvalue weighted by Gasteiger charge is -2.38. The minimum Gasteiger partial charge on any atom is -0.423 e. The summed E-state index contributed by atoms with van der Waals surface area (Å²) in [6.07, 6.45) is -12.1. The van der Waals surface area contributed by atoms with Crippen molar-refractivity contribution in [2.75, 3.05) is 4.90 Å². The zero-order valence-electron chi connectivity index (χ0n) is 21.6. The van der Waals surface area contributed by atoms with Crippen LogP contribution in [0, 0.1) is 0 Å². The number of anilines is 1. The summed E-state index contributed by atoms with van der Waals surface area (Å²) in [7, 11) is 0. The van der Waals surface area contributed by atoms with E-state index < -0.39 is 80.7 Å². The van der Waals surface area contributed by atoms with Gasteiger partial charge in [-0.3, -0.25) is 24.5 Å². The van der Waals surface area contributed by atoms with Crippen LogP contribution in [-0.4, -0.2) is 42.0 Å². The van der Waals surface area contributed by atoms with E-state index >= 15 is 0 Å².